The molecule has 0 radical (unpaired) electrons. The number of carbonyl (C=O) groups excluding carboxylic acids is 1. The molecule has 1 saturated heterocycles. The van der Waals surface area contributed by atoms with Crippen LogP contribution in [0.5, 0.6) is 11.5 Å². The quantitative estimate of drug-likeness (QED) is 0.650. The van der Waals surface area contributed by atoms with Gasteiger partial charge in [-0.15, -0.1) is 0 Å². The molecule has 2 atom stereocenters. The molecular formula is C24H32N2O5S. The molecule has 174 valence electrons. The maximum Gasteiger partial charge on any atom is 0.243 e. The Kier molecular flexibility index (Phi) is 7.79. The van der Waals surface area contributed by atoms with Crippen molar-refractivity contribution in [3.05, 3.63) is 53.6 Å². The van der Waals surface area contributed by atoms with Gasteiger partial charge in [0.25, 0.3) is 0 Å². The van der Waals surface area contributed by atoms with Gasteiger partial charge in [0.2, 0.25) is 15.9 Å². The van der Waals surface area contributed by atoms with Gasteiger partial charge in [0.1, 0.15) is 0 Å². The molecule has 7 nitrogen and oxygen atoms in total. The summed E-state index contributed by atoms with van der Waals surface area (Å²) >= 11 is 0. The van der Waals surface area contributed by atoms with Crippen molar-refractivity contribution in [3.8, 4) is 11.5 Å². The SMILES string of the molecule is CC[C@@H](NC(=O)[C@H]1CCCN(S(=O)(=O)c2ccc(C)cc2)C1)c1ccc(OC)c(OC)c1. The van der Waals surface area contributed by atoms with Crippen LogP contribution in [-0.4, -0.2) is 45.9 Å². The Bertz CT molecular complexity index is 1040. The summed E-state index contributed by atoms with van der Waals surface area (Å²) in [5, 5.41) is 3.10. The van der Waals surface area contributed by atoms with Gasteiger partial charge < -0.3 is 14.8 Å². The summed E-state index contributed by atoms with van der Waals surface area (Å²) < 4.78 is 38.2. The molecule has 3 rings (SSSR count). The first-order chi connectivity index (χ1) is 15.3. The number of hydrogen-bond donors (Lipinski definition) is 1. The van der Waals surface area contributed by atoms with Crippen LogP contribution in [-0.2, 0) is 14.8 Å². The molecule has 32 heavy (non-hydrogen) atoms. The second-order valence-electron chi connectivity index (χ2n) is 8.10. The van der Waals surface area contributed by atoms with Crippen LogP contribution in [0.2, 0.25) is 0 Å². The van der Waals surface area contributed by atoms with E-state index in [1.54, 1.807) is 38.5 Å². The molecule has 1 aliphatic rings. The van der Waals surface area contributed by atoms with Gasteiger partial charge in [-0.3, -0.25) is 4.79 Å². The summed E-state index contributed by atoms with van der Waals surface area (Å²) in [6.45, 7) is 4.52. The van der Waals surface area contributed by atoms with E-state index in [9.17, 15) is 13.2 Å². The van der Waals surface area contributed by atoms with Crippen LogP contribution in [0.25, 0.3) is 0 Å². The number of nitrogens with one attached hydrogen (secondary N) is 1. The fraction of sp³-hybridized carbons (Fsp3) is 0.458. The highest BCUT2D eigenvalue weighted by molar-refractivity contribution is 7.89. The summed E-state index contributed by atoms with van der Waals surface area (Å²) in [6, 6.07) is 12.2. The number of aryl methyl sites for hydroxylation is 1. The lowest BCUT2D eigenvalue weighted by molar-refractivity contribution is -0.126. The van der Waals surface area contributed by atoms with E-state index >= 15 is 0 Å². The number of nitrogens with zero attached hydrogens (tertiary/aromatic N) is 1. The van der Waals surface area contributed by atoms with E-state index in [1.807, 2.05) is 32.0 Å². The minimum atomic E-state index is -3.63. The lowest BCUT2D eigenvalue weighted by atomic mass is 9.97. The molecule has 0 saturated carbocycles. The first-order valence-corrected chi connectivity index (χ1v) is 12.3. The topological polar surface area (TPSA) is 84.9 Å². The fourth-order valence-corrected chi connectivity index (χ4v) is 5.54. The van der Waals surface area contributed by atoms with Gasteiger partial charge in [0, 0.05) is 13.1 Å². The number of ether oxygens (including phenoxy) is 2. The summed E-state index contributed by atoms with van der Waals surface area (Å²) in [4.78, 5) is 13.3. The fourth-order valence-electron chi connectivity index (χ4n) is 4.01. The Balaban J connectivity index is 1.72. The number of piperidine rings is 1. The number of carbonyl (C=O) groups is 1. The lowest BCUT2D eigenvalue weighted by Gasteiger charge is -2.32. The molecule has 8 heteroatoms. The highest BCUT2D eigenvalue weighted by Gasteiger charge is 2.34. The van der Waals surface area contributed by atoms with Gasteiger partial charge in [-0.2, -0.15) is 4.31 Å². The molecule has 0 bridgehead atoms. The minimum Gasteiger partial charge on any atom is -0.493 e. The largest absolute Gasteiger partial charge is 0.493 e. The molecule has 1 aliphatic heterocycles. The Labute approximate surface area is 190 Å². The summed E-state index contributed by atoms with van der Waals surface area (Å²) in [6.07, 6.45) is 2.00. The standard InChI is InChI=1S/C24H32N2O5S/c1-5-21(18-10-13-22(30-3)23(15-18)31-4)25-24(27)19-7-6-14-26(16-19)32(28,29)20-11-8-17(2)9-12-20/h8-13,15,19,21H,5-7,14,16H2,1-4H3,(H,25,27)/t19-,21+/m0/s1. The smallest absolute Gasteiger partial charge is 0.243 e. The van der Waals surface area contributed by atoms with Crippen LogP contribution in [0.4, 0.5) is 0 Å². The van der Waals surface area contributed by atoms with E-state index in [1.165, 1.54) is 4.31 Å². The van der Waals surface area contributed by atoms with Gasteiger partial charge in [-0.05, 0) is 56.0 Å². The highest BCUT2D eigenvalue weighted by Crippen LogP contribution is 2.31. The maximum atomic E-state index is 13.1. The molecule has 2 aromatic rings. The van der Waals surface area contributed by atoms with Crippen molar-refractivity contribution in [1.29, 1.82) is 0 Å². The van der Waals surface area contributed by atoms with Crippen LogP contribution in [0.15, 0.2) is 47.4 Å². The third kappa shape index (κ3) is 5.24. The monoisotopic (exact) mass is 460 g/mol. The molecule has 1 fully saturated rings. The van der Waals surface area contributed by atoms with Crippen molar-refractivity contribution in [3.63, 3.8) is 0 Å². The number of methoxy groups -OCH3 is 2. The predicted octanol–water partition coefficient (Wildman–Crippen LogP) is 3.68. The summed E-state index contributed by atoms with van der Waals surface area (Å²) in [7, 11) is -0.470. The number of hydrogen-bond acceptors (Lipinski definition) is 5. The van der Waals surface area contributed by atoms with Crippen LogP contribution in [0.1, 0.15) is 43.4 Å². The Morgan fingerprint density at radius 1 is 1.12 bits per heavy atom. The molecular weight excluding hydrogens is 428 g/mol. The molecule has 0 spiro atoms. The van der Waals surface area contributed by atoms with E-state index in [4.69, 9.17) is 9.47 Å². The van der Waals surface area contributed by atoms with Gasteiger partial charge in [-0.25, -0.2) is 8.42 Å². The molecule has 1 heterocycles. The molecule has 0 unspecified atom stereocenters. The van der Waals surface area contributed by atoms with E-state index < -0.39 is 15.9 Å². The molecule has 1 amide bonds. The summed E-state index contributed by atoms with van der Waals surface area (Å²) in [5.74, 6) is 0.709. The second-order valence-corrected chi connectivity index (χ2v) is 10.0. The zero-order chi connectivity index (χ0) is 23.3. The second kappa shape index (κ2) is 10.4. The summed E-state index contributed by atoms with van der Waals surface area (Å²) in [5.41, 5.74) is 1.92. The zero-order valence-electron chi connectivity index (χ0n) is 19.1. The molecule has 0 aromatic heterocycles. The van der Waals surface area contributed by atoms with Gasteiger partial charge in [0.05, 0.1) is 31.1 Å². The average molecular weight is 461 g/mol. The number of amides is 1. The third-order valence-corrected chi connectivity index (χ3v) is 7.83. The Morgan fingerprint density at radius 3 is 2.44 bits per heavy atom. The minimum absolute atomic E-state index is 0.129. The third-order valence-electron chi connectivity index (χ3n) is 5.95. The Morgan fingerprint density at radius 2 is 1.81 bits per heavy atom. The van der Waals surface area contributed by atoms with E-state index in [2.05, 4.69) is 5.32 Å². The van der Waals surface area contributed by atoms with Crippen molar-refractivity contribution in [1.82, 2.24) is 9.62 Å². The Hall–Kier alpha value is -2.58. The first-order valence-electron chi connectivity index (χ1n) is 10.9. The van der Waals surface area contributed by atoms with E-state index in [-0.39, 0.29) is 23.4 Å². The van der Waals surface area contributed by atoms with Crippen LogP contribution in [0, 0.1) is 12.8 Å². The molecule has 2 aromatic carbocycles. The highest BCUT2D eigenvalue weighted by atomic mass is 32.2. The van der Waals surface area contributed by atoms with E-state index in [0.717, 1.165) is 11.1 Å². The normalized spacial score (nSPS) is 18.1. The predicted molar refractivity (Wildman–Crippen MR) is 123 cm³/mol. The zero-order valence-corrected chi connectivity index (χ0v) is 19.9. The van der Waals surface area contributed by atoms with Gasteiger partial charge >= 0.3 is 0 Å². The van der Waals surface area contributed by atoms with Gasteiger partial charge in [0.15, 0.2) is 11.5 Å². The van der Waals surface area contributed by atoms with E-state index in [0.29, 0.717) is 37.3 Å². The van der Waals surface area contributed by atoms with Crippen molar-refractivity contribution < 1.29 is 22.7 Å². The van der Waals surface area contributed by atoms with Crippen molar-refractivity contribution in [2.24, 2.45) is 5.92 Å². The van der Waals surface area contributed by atoms with Crippen LogP contribution < -0.4 is 14.8 Å². The lowest BCUT2D eigenvalue weighted by Crippen LogP contribution is -2.46. The van der Waals surface area contributed by atoms with Crippen molar-refractivity contribution in [2.75, 3.05) is 27.3 Å². The van der Waals surface area contributed by atoms with Gasteiger partial charge in [-0.1, -0.05) is 30.7 Å². The maximum absolute atomic E-state index is 13.1. The molecule has 0 aliphatic carbocycles. The first kappa shape index (κ1) is 24.1. The molecule has 1 N–H and O–H groups in total. The number of benzene rings is 2. The average Bonchev–Trinajstić information content (AvgIpc) is 2.82. The van der Waals surface area contributed by atoms with Crippen LogP contribution in [0.3, 0.4) is 0 Å². The van der Waals surface area contributed by atoms with Crippen molar-refractivity contribution in [2.45, 2.75) is 44.0 Å². The number of rotatable bonds is 8. The number of sulfonamides is 1. The van der Waals surface area contributed by atoms with Crippen molar-refractivity contribution >= 4 is 15.9 Å². The van der Waals surface area contributed by atoms with Crippen LogP contribution >= 0.6 is 0 Å².